The summed E-state index contributed by atoms with van der Waals surface area (Å²) >= 11 is 0. The van der Waals surface area contributed by atoms with Crippen molar-refractivity contribution < 1.29 is 43.5 Å². The van der Waals surface area contributed by atoms with E-state index in [9.17, 15) is 43.5 Å². The maximum Gasteiger partial charge on any atom is 0.245 e. The predicted molar refractivity (Wildman–Crippen MR) is 261 cm³/mol. The second-order valence-corrected chi connectivity index (χ2v) is 17.3. The average Bonchev–Trinajstić information content (AvgIpc) is 3.30. The van der Waals surface area contributed by atoms with E-state index in [4.69, 9.17) is 28.7 Å². The van der Waals surface area contributed by atoms with Crippen molar-refractivity contribution in [2.75, 3.05) is 33.2 Å². The Kier molecular flexibility index (Phi) is 26.4. The van der Waals surface area contributed by atoms with Crippen LogP contribution in [0.25, 0.3) is 0 Å². The van der Waals surface area contributed by atoms with Crippen LogP contribution in [-0.2, 0) is 51.2 Å². The summed E-state index contributed by atoms with van der Waals surface area (Å²) in [5.74, 6) is -5.22. The number of phenolic OH excluding ortho intramolecular Hbond substituents is 1. The van der Waals surface area contributed by atoms with E-state index >= 15 is 0 Å². The van der Waals surface area contributed by atoms with Gasteiger partial charge in [-0.25, -0.2) is 0 Å². The second kappa shape index (κ2) is 31.3. The number of carbonyl (C=O) groups excluding carboxylic acids is 8. The Morgan fingerprint density at radius 3 is 1.86 bits per heavy atom. The summed E-state index contributed by atoms with van der Waals surface area (Å²) in [6.07, 6.45) is 2.50. The van der Waals surface area contributed by atoms with Crippen molar-refractivity contribution in [1.29, 1.82) is 0 Å². The number of rotatable bonds is 32. The molecule has 0 heterocycles. The number of aliphatic imine (C=N–C) groups is 1. The number of guanidine groups is 1. The van der Waals surface area contributed by atoms with Crippen LogP contribution < -0.4 is 60.6 Å². The normalized spacial score (nSPS) is 13.6. The van der Waals surface area contributed by atoms with Crippen LogP contribution in [0.5, 0.6) is 5.75 Å². The number of aromatic hydroxyl groups is 1. The van der Waals surface area contributed by atoms with Crippen LogP contribution in [0.15, 0.2) is 59.6 Å². The molecule has 2 rings (SSSR count). The highest BCUT2D eigenvalue weighted by Crippen LogP contribution is 2.17. The number of unbranched alkanes of at least 4 members (excludes halogenated alkanes) is 1. The van der Waals surface area contributed by atoms with Gasteiger partial charge in [0.15, 0.2) is 5.96 Å². The first-order chi connectivity index (χ1) is 32.7. The summed E-state index contributed by atoms with van der Waals surface area (Å²) in [6.45, 7) is 5.45. The molecule has 0 aliphatic heterocycles. The third kappa shape index (κ3) is 22.7. The molecule has 0 aliphatic rings. The van der Waals surface area contributed by atoms with Gasteiger partial charge in [-0.1, -0.05) is 76.1 Å². The molecule has 2 aromatic carbocycles. The molecule has 0 radical (unpaired) electrons. The maximum absolute atomic E-state index is 14.4. The average molecular weight is 966 g/mol. The molecule has 6 atom stereocenters. The van der Waals surface area contributed by atoms with Crippen LogP contribution in [0.2, 0.25) is 0 Å². The number of amides is 8. The Balaban J connectivity index is 2.24. The zero-order valence-corrected chi connectivity index (χ0v) is 40.3. The van der Waals surface area contributed by atoms with Gasteiger partial charge in [0.1, 0.15) is 36.0 Å². The summed E-state index contributed by atoms with van der Waals surface area (Å²) in [4.78, 5) is 112. The first-order valence-electron chi connectivity index (χ1n) is 23.4. The monoisotopic (exact) mass is 966 g/mol. The number of carbonyl (C=O) groups is 8. The molecular weight excluding hydrogens is 891 g/mol. The number of likely N-dealkylation sites (N-methyl/N-ethyl adjacent to an activating group) is 1. The number of nitrogens with one attached hydrogen (secondary N) is 6. The molecule has 22 heteroatoms. The smallest absolute Gasteiger partial charge is 0.245 e. The molecule has 0 bridgehead atoms. The van der Waals surface area contributed by atoms with Gasteiger partial charge < -0.3 is 70.6 Å². The SMILES string of the molecule is CCCC[C@H](NC(=O)[C@H](CC(C)C)N(C)C(=O)[C@H](Cc1ccccc1)NC(=O)[C@@H](N)Cc1ccc(O)cc1)C(=O)N[C@@H](CCCN)C(=O)NCCC(=O)N[C@@H](CCCN=C(N)N)C(=O)NCC(N)=O. The molecule has 22 nitrogen and oxygen atoms in total. The van der Waals surface area contributed by atoms with Crippen molar-refractivity contribution in [3.63, 3.8) is 0 Å². The van der Waals surface area contributed by atoms with Gasteiger partial charge in [0.05, 0.1) is 12.6 Å². The van der Waals surface area contributed by atoms with Gasteiger partial charge >= 0.3 is 0 Å². The van der Waals surface area contributed by atoms with Crippen molar-refractivity contribution in [3.8, 4) is 5.75 Å². The minimum atomic E-state index is -1.12. The lowest BCUT2D eigenvalue weighted by atomic mass is 9.98. The third-order valence-electron chi connectivity index (χ3n) is 10.9. The van der Waals surface area contributed by atoms with E-state index in [-0.39, 0.29) is 82.2 Å². The van der Waals surface area contributed by atoms with Crippen molar-refractivity contribution in [3.05, 3.63) is 65.7 Å². The molecule has 8 amide bonds. The quantitative estimate of drug-likeness (QED) is 0.0224. The maximum atomic E-state index is 14.4. The molecule has 69 heavy (non-hydrogen) atoms. The van der Waals surface area contributed by atoms with Crippen LogP contribution in [0.1, 0.15) is 89.7 Å². The molecule has 17 N–H and O–H groups in total. The first-order valence-corrected chi connectivity index (χ1v) is 23.4. The molecule has 0 aromatic heterocycles. The van der Waals surface area contributed by atoms with Gasteiger partial charge in [-0.15, -0.1) is 0 Å². The zero-order valence-electron chi connectivity index (χ0n) is 40.3. The topological polar surface area (TPSA) is 375 Å². The number of nitrogens with two attached hydrogens (primary N) is 5. The molecular formula is C47H75N13O9. The lowest BCUT2D eigenvalue weighted by molar-refractivity contribution is -0.143. The van der Waals surface area contributed by atoms with E-state index in [1.54, 1.807) is 24.3 Å². The number of benzene rings is 2. The fraction of sp³-hybridized carbons (Fsp3) is 0.553. The van der Waals surface area contributed by atoms with Gasteiger partial charge in [0.2, 0.25) is 47.3 Å². The fourth-order valence-corrected chi connectivity index (χ4v) is 7.16. The Hall–Kier alpha value is -6.81. The van der Waals surface area contributed by atoms with E-state index in [0.29, 0.717) is 31.2 Å². The summed E-state index contributed by atoms with van der Waals surface area (Å²) in [5, 5.41) is 25.6. The summed E-state index contributed by atoms with van der Waals surface area (Å²) < 4.78 is 0. The summed E-state index contributed by atoms with van der Waals surface area (Å²) in [7, 11) is 1.47. The molecule has 0 aliphatic carbocycles. The lowest BCUT2D eigenvalue weighted by Crippen LogP contribution is -2.59. The molecule has 0 spiro atoms. The van der Waals surface area contributed by atoms with Crippen molar-refractivity contribution >= 4 is 53.2 Å². The van der Waals surface area contributed by atoms with Crippen LogP contribution in [0.3, 0.4) is 0 Å². The largest absolute Gasteiger partial charge is 0.508 e. The highest BCUT2D eigenvalue weighted by atomic mass is 16.3. The third-order valence-corrected chi connectivity index (χ3v) is 10.9. The Morgan fingerprint density at radius 1 is 0.681 bits per heavy atom. The highest BCUT2D eigenvalue weighted by molar-refractivity contribution is 5.96. The van der Waals surface area contributed by atoms with Crippen LogP contribution in [0, 0.1) is 5.92 Å². The van der Waals surface area contributed by atoms with Crippen LogP contribution >= 0.6 is 0 Å². The predicted octanol–water partition coefficient (Wildman–Crippen LogP) is -1.59. The molecule has 2 aromatic rings. The fourth-order valence-electron chi connectivity index (χ4n) is 7.16. The minimum absolute atomic E-state index is 0.0625. The van der Waals surface area contributed by atoms with Crippen LogP contribution in [0.4, 0.5) is 0 Å². The van der Waals surface area contributed by atoms with Crippen molar-refractivity contribution in [1.82, 2.24) is 36.8 Å². The zero-order chi connectivity index (χ0) is 51.5. The van der Waals surface area contributed by atoms with Gasteiger partial charge in [0, 0.05) is 33.0 Å². The van der Waals surface area contributed by atoms with E-state index < -0.39 is 90.1 Å². The van der Waals surface area contributed by atoms with E-state index in [2.05, 4.69) is 36.9 Å². The van der Waals surface area contributed by atoms with E-state index in [0.717, 1.165) is 5.56 Å². The van der Waals surface area contributed by atoms with Gasteiger partial charge in [-0.3, -0.25) is 43.3 Å². The molecule has 0 saturated carbocycles. The number of hydrogen-bond acceptors (Lipinski definition) is 12. The summed E-state index contributed by atoms with van der Waals surface area (Å²) in [6, 6.07) is 8.79. The van der Waals surface area contributed by atoms with Gasteiger partial charge in [0.25, 0.3) is 0 Å². The van der Waals surface area contributed by atoms with E-state index in [1.165, 1.54) is 24.1 Å². The number of hydrogen-bond donors (Lipinski definition) is 12. The Morgan fingerprint density at radius 2 is 1.25 bits per heavy atom. The van der Waals surface area contributed by atoms with Gasteiger partial charge in [-0.05, 0) is 80.7 Å². The molecule has 382 valence electrons. The number of phenols is 1. The molecule has 0 saturated heterocycles. The first kappa shape index (κ1) is 58.3. The van der Waals surface area contributed by atoms with Crippen molar-refractivity contribution in [2.45, 2.75) is 128 Å². The number of primary amides is 1. The Bertz CT molecular complexity index is 2000. The second-order valence-electron chi connectivity index (χ2n) is 17.3. The Labute approximate surface area is 404 Å². The van der Waals surface area contributed by atoms with Gasteiger partial charge in [-0.2, -0.15) is 0 Å². The molecule has 0 unspecified atom stereocenters. The number of nitrogens with zero attached hydrogens (tertiary/aromatic N) is 2. The van der Waals surface area contributed by atoms with Crippen molar-refractivity contribution in [2.24, 2.45) is 39.6 Å². The van der Waals surface area contributed by atoms with E-state index in [1.807, 2.05) is 39.0 Å². The van der Waals surface area contributed by atoms with Crippen LogP contribution in [-0.4, -0.2) is 133 Å². The lowest BCUT2D eigenvalue weighted by Gasteiger charge is -2.33. The highest BCUT2D eigenvalue weighted by Gasteiger charge is 2.36. The summed E-state index contributed by atoms with van der Waals surface area (Å²) in [5.41, 5.74) is 29.4. The molecule has 0 fully saturated rings. The minimum Gasteiger partial charge on any atom is -0.508 e. The standard InChI is InChI=1S/C47H75N13O9/c1-5-6-14-36(44(67)57-35(15-10-22-48)42(65)53-24-21-40(63)56-34(16-11-23-54-47(51)52)43(66)55-28-39(50)62)58-45(68)38(25-29(2)3)60(4)46(69)37(27-30-12-8-7-9-13-30)59-41(64)33(49)26-31-17-19-32(61)20-18-31/h7-9,12-13,17-20,29,33-38,61H,5-6,10-11,14-16,21-28,48-49H2,1-4H3,(H2,50,62)(H,53,65)(H,55,66)(H,56,63)(H,57,67)(H,58,68)(H,59,64)(H4,51,52,54)/t33-,34-,35-,36-,37-,38-/m0/s1.